The zero-order chi connectivity index (χ0) is 15.2. The molecule has 0 amide bonds. The summed E-state index contributed by atoms with van der Waals surface area (Å²) in [5.74, 6) is 0.877. The van der Waals surface area contributed by atoms with E-state index in [1.807, 2.05) is 24.3 Å². The summed E-state index contributed by atoms with van der Waals surface area (Å²) in [7, 11) is 4.25. The lowest BCUT2D eigenvalue weighted by Crippen LogP contribution is -2.33. The molecule has 0 aliphatic carbocycles. The monoisotopic (exact) mass is 292 g/mol. The molecule has 0 spiro atoms. The lowest BCUT2D eigenvalue weighted by molar-refractivity contribution is 0.122. The zero-order valence-corrected chi connectivity index (χ0v) is 13.5. The van der Waals surface area contributed by atoms with E-state index in [4.69, 9.17) is 4.74 Å². The van der Waals surface area contributed by atoms with Crippen molar-refractivity contribution in [3.8, 4) is 5.75 Å². The first-order valence-corrected chi connectivity index (χ1v) is 7.89. The Labute approximate surface area is 128 Å². The average molecular weight is 292 g/mol. The van der Waals surface area contributed by atoms with Gasteiger partial charge in [0.1, 0.15) is 5.75 Å². The quantitative estimate of drug-likeness (QED) is 0.835. The minimum Gasteiger partial charge on any atom is -0.494 e. The Morgan fingerprint density at radius 2 is 2.05 bits per heavy atom. The van der Waals surface area contributed by atoms with Crippen LogP contribution in [0.2, 0.25) is 0 Å². The molecule has 1 fully saturated rings. The first kappa shape index (κ1) is 16.3. The predicted octanol–water partition coefficient (Wildman–Crippen LogP) is 2.14. The molecular formula is C17H28N2O2. The first-order chi connectivity index (χ1) is 10.1. The van der Waals surface area contributed by atoms with Gasteiger partial charge in [0.05, 0.1) is 12.7 Å². The van der Waals surface area contributed by atoms with Crippen LogP contribution in [-0.4, -0.2) is 61.3 Å². The average Bonchev–Trinajstić information content (AvgIpc) is 2.94. The number of hydrogen-bond acceptors (Lipinski definition) is 4. The van der Waals surface area contributed by atoms with Crippen LogP contribution in [-0.2, 0) is 0 Å². The normalized spacial score (nSPS) is 20.9. The largest absolute Gasteiger partial charge is 0.494 e. The second-order valence-electron chi connectivity index (χ2n) is 6.10. The summed E-state index contributed by atoms with van der Waals surface area (Å²) in [6.45, 7) is 5.65. The highest BCUT2D eigenvalue weighted by Gasteiger charge is 2.25. The van der Waals surface area contributed by atoms with Crippen molar-refractivity contribution in [1.82, 2.24) is 9.80 Å². The Kier molecular flexibility index (Phi) is 6.03. The summed E-state index contributed by atoms with van der Waals surface area (Å²) >= 11 is 0. The van der Waals surface area contributed by atoms with E-state index in [1.54, 1.807) is 0 Å². The fourth-order valence-corrected chi connectivity index (χ4v) is 2.76. The van der Waals surface area contributed by atoms with Gasteiger partial charge in [0, 0.05) is 19.1 Å². The number of aliphatic hydroxyl groups is 1. The molecule has 4 heteroatoms. The van der Waals surface area contributed by atoms with Crippen LogP contribution in [0.3, 0.4) is 0 Å². The number of nitrogens with zero attached hydrogens (tertiary/aromatic N) is 2. The van der Waals surface area contributed by atoms with E-state index >= 15 is 0 Å². The first-order valence-electron chi connectivity index (χ1n) is 7.89. The molecule has 2 rings (SSSR count). The Hall–Kier alpha value is -1.10. The molecule has 0 bridgehead atoms. The van der Waals surface area contributed by atoms with Crippen LogP contribution in [0.5, 0.6) is 5.75 Å². The van der Waals surface area contributed by atoms with E-state index in [1.165, 1.54) is 6.42 Å². The standard InChI is InChI=1S/C17H28N2O2/c1-4-11-21-16-7-5-14(6-8-16)17(20)13-19-10-9-15(12-19)18(2)3/h5-8,15,17,20H,4,9-13H2,1-3H3. The van der Waals surface area contributed by atoms with Crippen LogP contribution < -0.4 is 4.74 Å². The molecule has 0 radical (unpaired) electrons. The van der Waals surface area contributed by atoms with Gasteiger partial charge in [0.2, 0.25) is 0 Å². The van der Waals surface area contributed by atoms with E-state index in [-0.39, 0.29) is 0 Å². The molecule has 1 aromatic carbocycles. The molecule has 118 valence electrons. The number of ether oxygens (including phenoxy) is 1. The highest BCUT2D eigenvalue weighted by atomic mass is 16.5. The summed E-state index contributed by atoms with van der Waals surface area (Å²) in [5, 5.41) is 10.4. The van der Waals surface area contributed by atoms with Crippen molar-refractivity contribution < 1.29 is 9.84 Å². The molecule has 2 unspecified atom stereocenters. The van der Waals surface area contributed by atoms with Gasteiger partial charge in [-0.3, -0.25) is 4.90 Å². The molecule has 1 saturated heterocycles. The predicted molar refractivity (Wildman–Crippen MR) is 85.7 cm³/mol. The van der Waals surface area contributed by atoms with Crippen LogP contribution in [0.15, 0.2) is 24.3 Å². The minimum atomic E-state index is -0.425. The van der Waals surface area contributed by atoms with Gasteiger partial charge >= 0.3 is 0 Å². The smallest absolute Gasteiger partial charge is 0.119 e. The van der Waals surface area contributed by atoms with E-state index in [0.717, 1.165) is 37.4 Å². The zero-order valence-electron chi connectivity index (χ0n) is 13.5. The maximum atomic E-state index is 10.4. The van der Waals surface area contributed by atoms with Crippen molar-refractivity contribution in [1.29, 1.82) is 0 Å². The molecule has 0 saturated carbocycles. The van der Waals surface area contributed by atoms with E-state index < -0.39 is 6.10 Å². The SMILES string of the molecule is CCCOc1ccc(C(O)CN2CCC(N(C)C)C2)cc1. The molecule has 1 aliphatic heterocycles. The third kappa shape index (κ3) is 4.70. The van der Waals surface area contributed by atoms with E-state index in [0.29, 0.717) is 12.6 Å². The number of likely N-dealkylation sites (N-methyl/N-ethyl adjacent to an activating group) is 1. The van der Waals surface area contributed by atoms with Crippen LogP contribution in [0, 0.1) is 0 Å². The number of likely N-dealkylation sites (tertiary alicyclic amines) is 1. The molecule has 0 aromatic heterocycles. The van der Waals surface area contributed by atoms with Gasteiger partial charge in [-0.1, -0.05) is 19.1 Å². The summed E-state index contributed by atoms with van der Waals surface area (Å²) < 4.78 is 5.57. The Balaban J connectivity index is 1.84. The highest BCUT2D eigenvalue weighted by Crippen LogP contribution is 2.21. The molecule has 2 atom stereocenters. The second-order valence-corrected chi connectivity index (χ2v) is 6.10. The third-order valence-electron chi connectivity index (χ3n) is 4.15. The lowest BCUT2D eigenvalue weighted by atomic mass is 10.1. The van der Waals surface area contributed by atoms with Crippen LogP contribution >= 0.6 is 0 Å². The molecule has 1 aromatic rings. The van der Waals surface area contributed by atoms with E-state index in [9.17, 15) is 5.11 Å². The van der Waals surface area contributed by atoms with Gasteiger partial charge in [-0.2, -0.15) is 0 Å². The van der Waals surface area contributed by atoms with Gasteiger partial charge in [-0.25, -0.2) is 0 Å². The maximum Gasteiger partial charge on any atom is 0.119 e. The summed E-state index contributed by atoms with van der Waals surface area (Å²) in [5.41, 5.74) is 0.965. The van der Waals surface area contributed by atoms with Crippen molar-refractivity contribution in [2.75, 3.05) is 40.3 Å². The Morgan fingerprint density at radius 1 is 1.33 bits per heavy atom. The highest BCUT2D eigenvalue weighted by molar-refractivity contribution is 5.28. The van der Waals surface area contributed by atoms with Gasteiger partial charge in [0.25, 0.3) is 0 Å². The van der Waals surface area contributed by atoms with Gasteiger partial charge in [0.15, 0.2) is 0 Å². The van der Waals surface area contributed by atoms with Crippen molar-refractivity contribution in [2.24, 2.45) is 0 Å². The van der Waals surface area contributed by atoms with Crippen LogP contribution in [0.25, 0.3) is 0 Å². The Bertz CT molecular complexity index is 419. The molecule has 1 aliphatic rings. The second kappa shape index (κ2) is 7.78. The summed E-state index contributed by atoms with van der Waals surface area (Å²) in [6, 6.07) is 8.44. The third-order valence-corrected chi connectivity index (χ3v) is 4.15. The van der Waals surface area contributed by atoms with Crippen molar-refractivity contribution in [3.05, 3.63) is 29.8 Å². The molecule has 21 heavy (non-hydrogen) atoms. The van der Waals surface area contributed by atoms with Crippen LogP contribution in [0.4, 0.5) is 0 Å². The topological polar surface area (TPSA) is 35.9 Å². The maximum absolute atomic E-state index is 10.4. The lowest BCUT2D eigenvalue weighted by Gasteiger charge is -2.22. The van der Waals surface area contributed by atoms with E-state index in [2.05, 4.69) is 30.8 Å². The van der Waals surface area contributed by atoms with Crippen LogP contribution in [0.1, 0.15) is 31.4 Å². The number of rotatable bonds is 7. The fourth-order valence-electron chi connectivity index (χ4n) is 2.76. The number of benzene rings is 1. The minimum absolute atomic E-state index is 0.425. The summed E-state index contributed by atoms with van der Waals surface area (Å²) in [4.78, 5) is 4.61. The van der Waals surface area contributed by atoms with Crippen molar-refractivity contribution in [3.63, 3.8) is 0 Å². The number of hydrogen-bond donors (Lipinski definition) is 1. The van der Waals surface area contributed by atoms with Gasteiger partial charge < -0.3 is 14.7 Å². The van der Waals surface area contributed by atoms with Crippen molar-refractivity contribution >= 4 is 0 Å². The number of aliphatic hydroxyl groups excluding tert-OH is 1. The summed E-state index contributed by atoms with van der Waals surface area (Å²) in [6.07, 6.45) is 1.77. The molecule has 4 nitrogen and oxygen atoms in total. The van der Waals surface area contributed by atoms with Gasteiger partial charge in [-0.05, 0) is 51.2 Å². The molecule has 1 N–H and O–H groups in total. The fraction of sp³-hybridized carbons (Fsp3) is 0.647. The Morgan fingerprint density at radius 3 is 2.62 bits per heavy atom. The number of β-amino-alcohol motifs (C(OH)–C–C–N with tert-alkyl or cyclic N) is 1. The molecular weight excluding hydrogens is 264 g/mol. The molecule has 1 heterocycles. The van der Waals surface area contributed by atoms with Crippen molar-refractivity contribution in [2.45, 2.75) is 31.9 Å². The van der Waals surface area contributed by atoms with Gasteiger partial charge in [-0.15, -0.1) is 0 Å².